The summed E-state index contributed by atoms with van der Waals surface area (Å²) in [4.78, 5) is 17.3. The van der Waals surface area contributed by atoms with Gasteiger partial charge in [0, 0.05) is 22.7 Å². The Kier molecular flexibility index (Phi) is 4.13. The molecule has 0 aliphatic heterocycles. The fraction of sp³-hybridized carbons (Fsp3) is 0.167. The van der Waals surface area contributed by atoms with Gasteiger partial charge in [-0.05, 0) is 45.0 Å². The van der Waals surface area contributed by atoms with Crippen LogP contribution in [0.15, 0.2) is 47.2 Å². The number of H-pyrrole nitrogens is 1. The van der Waals surface area contributed by atoms with Crippen LogP contribution in [-0.2, 0) is 0 Å². The molecule has 0 atom stereocenters. The predicted molar refractivity (Wildman–Crippen MR) is 126 cm³/mol. The van der Waals surface area contributed by atoms with Gasteiger partial charge in [0.2, 0.25) is 0 Å². The summed E-state index contributed by atoms with van der Waals surface area (Å²) in [7, 11) is 1.66. The van der Waals surface area contributed by atoms with Crippen molar-refractivity contribution in [2.24, 2.45) is 0 Å². The number of hydrogen-bond acceptors (Lipinski definition) is 7. The van der Waals surface area contributed by atoms with E-state index in [1.165, 1.54) is 0 Å². The van der Waals surface area contributed by atoms with Crippen molar-refractivity contribution in [2.75, 3.05) is 12.4 Å². The Morgan fingerprint density at radius 3 is 2.79 bits per heavy atom. The number of ether oxygens (including phenoxy) is 1. The molecule has 1 aromatic carbocycles. The highest BCUT2D eigenvalue weighted by Crippen LogP contribution is 2.40. The van der Waals surface area contributed by atoms with Crippen LogP contribution in [0.5, 0.6) is 5.75 Å². The number of hydrogen-bond donors (Lipinski definition) is 2. The molecule has 0 bridgehead atoms. The normalized spacial score (nSPS) is 11.6. The maximum atomic E-state index is 5.77. The van der Waals surface area contributed by atoms with E-state index in [9.17, 15) is 0 Å². The number of aromatic amines is 1. The molecule has 0 amide bonds. The summed E-state index contributed by atoms with van der Waals surface area (Å²) in [6, 6.07) is 9.94. The van der Waals surface area contributed by atoms with Crippen LogP contribution in [0.25, 0.3) is 38.7 Å². The molecule has 0 aliphatic rings. The van der Waals surface area contributed by atoms with Crippen molar-refractivity contribution >= 4 is 39.2 Å². The number of rotatable bonds is 4. The number of anilines is 2. The van der Waals surface area contributed by atoms with Crippen molar-refractivity contribution in [3.8, 4) is 16.9 Å². The van der Waals surface area contributed by atoms with Gasteiger partial charge in [0.05, 0.1) is 30.0 Å². The molecule has 9 nitrogen and oxygen atoms in total. The number of aryl methyl sites for hydroxylation is 3. The maximum Gasteiger partial charge on any atom is 0.145 e. The van der Waals surface area contributed by atoms with E-state index >= 15 is 0 Å². The molecule has 5 aromatic heterocycles. The lowest BCUT2D eigenvalue weighted by Crippen LogP contribution is -2.00. The first-order valence-corrected chi connectivity index (χ1v) is 10.5. The molecule has 5 heterocycles. The minimum Gasteiger partial charge on any atom is -0.496 e. The average molecular weight is 439 g/mol. The van der Waals surface area contributed by atoms with E-state index in [0.717, 1.165) is 61.7 Å². The molecule has 0 saturated heterocycles. The minimum atomic E-state index is 0.656. The number of methoxy groups -OCH3 is 1. The first-order valence-electron chi connectivity index (χ1n) is 10.5. The molecule has 6 aromatic rings. The van der Waals surface area contributed by atoms with Crippen molar-refractivity contribution in [1.82, 2.24) is 29.5 Å². The molecular weight excluding hydrogens is 418 g/mol. The fourth-order valence-corrected chi connectivity index (χ4v) is 4.40. The standard InChI is InChI=1S/C24H21N7O2/c1-12-21(13(2)33-30-12)16-9-17-15(10-18(16)32-4)22-23(28-17)26-14(3)27-24(22)29-20-11-25-19-7-5-6-8-31(19)20/h5-11H,1-4H3,(H2,26,27,28,29). The number of imidazole rings is 1. The first-order chi connectivity index (χ1) is 16.0. The molecule has 0 fully saturated rings. The number of fused-ring (bicyclic) bond motifs is 4. The van der Waals surface area contributed by atoms with Crippen molar-refractivity contribution in [3.63, 3.8) is 0 Å². The molecule has 0 unspecified atom stereocenters. The summed E-state index contributed by atoms with van der Waals surface area (Å²) < 4.78 is 13.1. The Bertz CT molecular complexity index is 1660. The summed E-state index contributed by atoms with van der Waals surface area (Å²) in [5.41, 5.74) is 5.17. The second-order valence-electron chi connectivity index (χ2n) is 7.96. The quantitative estimate of drug-likeness (QED) is 0.394. The lowest BCUT2D eigenvalue weighted by atomic mass is 10.0. The first kappa shape index (κ1) is 19.3. The topological polar surface area (TPSA) is 106 Å². The van der Waals surface area contributed by atoms with Crippen molar-refractivity contribution < 1.29 is 9.26 Å². The largest absolute Gasteiger partial charge is 0.496 e. The van der Waals surface area contributed by atoms with E-state index in [0.29, 0.717) is 11.6 Å². The van der Waals surface area contributed by atoms with Crippen LogP contribution in [-0.4, -0.2) is 36.6 Å². The van der Waals surface area contributed by atoms with Crippen LogP contribution in [0.4, 0.5) is 11.6 Å². The third kappa shape index (κ3) is 2.93. The monoisotopic (exact) mass is 439 g/mol. The number of benzene rings is 1. The highest BCUT2D eigenvalue weighted by Gasteiger charge is 2.21. The van der Waals surface area contributed by atoms with Crippen molar-refractivity contribution in [1.29, 1.82) is 0 Å². The van der Waals surface area contributed by atoms with E-state index in [4.69, 9.17) is 14.2 Å². The molecule has 6 rings (SSSR count). The van der Waals surface area contributed by atoms with Gasteiger partial charge in [-0.15, -0.1) is 0 Å². The fourth-order valence-electron chi connectivity index (χ4n) is 4.40. The van der Waals surface area contributed by atoms with Crippen molar-refractivity contribution in [3.05, 3.63) is 60.0 Å². The SMILES string of the molecule is COc1cc2c(cc1-c1c(C)noc1C)[nH]c1nc(C)nc(Nc3cnc4ccccn34)c12. The van der Waals surface area contributed by atoms with Crippen LogP contribution >= 0.6 is 0 Å². The summed E-state index contributed by atoms with van der Waals surface area (Å²) in [5, 5.41) is 9.38. The zero-order chi connectivity index (χ0) is 22.7. The van der Waals surface area contributed by atoms with E-state index in [-0.39, 0.29) is 0 Å². The van der Waals surface area contributed by atoms with Crippen LogP contribution in [0.1, 0.15) is 17.3 Å². The van der Waals surface area contributed by atoms with E-state index in [1.54, 1.807) is 13.3 Å². The molecule has 2 N–H and O–H groups in total. The molecule has 9 heteroatoms. The highest BCUT2D eigenvalue weighted by atomic mass is 16.5. The molecule has 0 saturated carbocycles. The summed E-state index contributed by atoms with van der Waals surface area (Å²) in [6.07, 6.45) is 3.76. The smallest absolute Gasteiger partial charge is 0.145 e. The van der Waals surface area contributed by atoms with Crippen molar-refractivity contribution in [2.45, 2.75) is 20.8 Å². The highest BCUT2D eigenvalue weighted by molar-refractivity contribution is 6.13. The average Bonchev–Trinajstić information content (AvgIpc) is 3.47. The number of nitrogens with one attached hydrogen (secondary N) is 2. The van der Waals surface area contributed by atoms with E-state index < -0.39 is 0 Å². The number of nitrogens with zero attached hydrogens (tertiary/aromatic N) is 5. The zero-order valence-electron chi connectivity index (χ0n) is 18.6. The predicted octanol–water partition coefficient (Wildman–Crippen LogP) is 5.09. The molecule has 164 valence electrons. The lowest BCUT2D eigenvalue weighted by molar-refractivity contribution is 0.393. The lowest BCUT2D eigenvalue weighted by Gasteiger charge is -2.10. The molecule has 0 radical (unpaired) electrons. The van der Waals surface area contributed by atoms with Crippen LogP contribution in [0.3, 0.4) is 0 Å². The molecule has 0 aliphatic carbocycles. The Balaban J connectivity index is 1.59. The molecule has 33 heavy (non-hydrogen) atoms. The van der Waals surface area contributed by atoms with Crippen LogP contribution in [0.2, 0.25) is 0 Å². The summed E-state index contributed by atoms with van der Waals surface area (Å²) in [5.74, 6) is 3.63. The minimum absolute atomic E-state index is 0.656. The molecular formula is C24H21N7O2. The number of pyridine rings is 1. The second kappa shape index (κ2) is 7.06. The summed E-state index contributed by atoms with van der Waals surface area (Å²) in [6.45, 7) is 5.70. The van der Waals surface area contributed by atoms with Gasteiger partial charge >= 0.3 is 0 Å². The third-order valence-electron chi connectivity index (χ3n) is 5.85. The van der Waals surface area contributed by atoms with Gasteiger partial charge in [-0.3, -0.25) is 4.40 Å². The molecule has 0 spiro atoms. The second-order valence-corrected chi connectivity index (χ2v) is 7.96. The van der Waals surface area contributed by atoms with Gasteiger partial charge in [-0.25, -0.2) is 15.0 Å². The van der Waals surface area contributed by atoms with E-state index in [2.05, 4.69) is 31.5 Å². The third-order valence-corrected chi connectivity index (χ3v) is 5.85. The maximum absolute atomic E-state index is 5.77. The van der Waals surface area contributed by atoms with Gasteiger partial charge < -0.3 is 19.6 Å². The van der Waals surface area contributed by atoms with E-state index in [1.807, 2.05) is 55.6 Å². The van der Waals surface area contributed by atoms with Crippen LogP contribution in [0, 0.1) is 20.8 Å². The Labute approximate surface area is 188 Å². The van der Waals surface area contributed by atoms with Gasteiger partial charge in [-0.1, -0.05) is 11.2 Å². The van der Waals surface area contributed by atoms with Gasteiger partial charge in [0.25, 0.3) is 0 Å². The number of aromatic nitrogens is 6. The van der Waals surface area contributed by atoms with Gasteiger partial charge in [0.1, 0.15) is 40.3 Å². The Hall–Kier alpha value is -4.40. The van der Waals surface area contributed by atoms with Gasteiger partial charge in [-0.2, -0.15) is 0 Å². The Morgan fingerprint density at radius 1 is 1.12 bits per heavy atom. The van der Waals surface area contributed by atoms with Crippen LogP contribution < -0.4 is 10.1 Å². The summed E-state index contributed by atoms with van der Waals surface area (Å²) >= 11 is 0. The zero-order valence-corrected chi connectivity index (χ0v) is 18.6. The Morgan fingerprint density at radius 2 is 2.00 bits per heavy atom. The van der Waals surface area contributed by atoms with Gasteiger partial charge in [0.15, 0.2) is 0 Å².